The van der Waals surface area contributed by atoms with Crippen LogP contribution in [-0.4, -0.2) is 25.0 Å². The van der Waals surface area contributed by atoms with Crippen LogP contribution in [0.2, 0.25) is 0 Å². The number of hydrogen-bond acceptors (Lipinski definition) is 2. The lowest BCUT2D eigenvalue weighted by Crippen LogP contribution is -2.37. The summed E-state index contributed by atoms with van der Waals surface area (Å²) in [6, 6.07) is 0.412. The van der Waals surface area contributed by atoms with Crippen molar-refractivity contribution in [3.05, 3.63) is 0 Å². The van der Waals surface area contributed by atoms with Crippen LogP contribution in [0.1, 0.15) is 46.5 Å². The highest BCUT2D eigenvalue weighted by Gasteiger charge is 2.20. The van der Waals surface area contributed by atoms with Crippen molar-refractivity contribution in [3.63, 3.8) is 0 Å². The lowest BCUT2D eigenvalue weighted by Gasteiger charge is -2.23. The predicted octanol–water partition coefficient (Wildman–Crippen LogP) is 1.68. The molecule has 1 unspecified atom stereocenters. The van der Waals surface area contributed by atoms with Crippen molar-refractivity contribution in [3.8, 4) is 0 Å². The van der Waals surface area contributed by atoms with Crippen LogP contribution in [0.5, 0.6) is 0 Å². The first-order chi connectivity index (χ1) is 7.03. The summed E-state index contributed by atoms with van der Waals surface area (Å²) in [5.74, 6) is 0.191. The quantitative estimate of drug-likeness (QED) is 0.728. The van der Waals surface area contributed by atoms with Gasteiger partial charge >= 0.3 is 0 Å². The zero-order valence-corrected chi connectivity index (χ0v) is 10.2. The van der Waals surface area contributed by atoms with Gasteiger partial charge in [0.2, 0.25) is 5.91 Å². The van der Waals surface area contributed by atoms with Crippen molar-refractivity contribution in [2.75, 3.05) is 13.1 Å². The molecule has 1 aliphatic heterocycles. The minimum Gasteiger partial charge on any atom is -0.356 e. The van der Waals surface area contributed by atoms with E-state index in [4.69, 9.17) is 0 Å². The lowest BCUT2D eigenvalue weighted by atomic mass is 9.90. The molecule has 1 atom stereocenters. The maximum atomic E-state index is 11.6. The van der Waals surface area contributed by atoms with Crippen molar-refractivity contribution in [2.45, 2.75) is 52.5 Å². The third-order valence-corrected chi connectivity index (χ3v) is 3.32. The SMILES string of the molecule is CCC(C)(C)CNC(=O)CC1CCCN1. The zero-order chi connectivity index (χ0) is 11.3. The summed E-state index contributed by atoms with van der Waals surface area (Å²) in [6.45, 7) is 8.38. The van der Waals surface area contributed by atoms with Crippen molar-refractivity contribution in [2.24, 2.45) is 5.41 Å². The highest BCUT2D eigenvalue weighted by Crippen LogP contribution is 2.17. The summed E-state index contributed by atoms with van der Waals surface area (Å²) in [6.07, 6.45) is 4.08. The summed E-state index contributed by atoms with van der Waals surface area (Å²) in [7, 11) is 0. The van der Waals surface area contributed by atoms with Crippen molar-refractivity contribution < 1.29 is 4.79 Å². The third-order valence-electron chi connectivity index (χ3n) is 3.32. The standard InChI is InChI=1S/C12H24N2O/c1-4-12(2,3)9-14-11(15)8-10-6-5-7-13-10/h10,13H,4-9H2,1-3H3,(H,14,15). The number of rotatable bonds is 5. The Morgan fingerprint density at radius 1 is 1.53 bits per heavy atom. The Labute approximate surface area is 93.0 Å². The maximum absolute atomic E-state index is 11.6. The van der Waals surface area contributed by atoms with Gasteiger partial charge in [0.15, 0.2) is 0 Å². The van der Waals surface area contributed by atoms with E-state index in [1.165, 1.54) is 6.42 Å². The van der Waals surface area contributed by atoms with E-state index in [0.29, 0.717) is 12.5 Å². The Morgan fingerprint density at radius 3 is 2.80 bits per heavy atom. The van der Waals surface area contributed by atoms with Gasteiger partial charge in [-0.15, -0.1) is 0 Å². The third kappa shape index (κ3) is 4.65. The van der Waals surface area contributed by atoms with E-state index in [9.17, 15) is 4.79 Å². The van der Waals surface area contributed by atoms with Crippen LogP contribution < -0.4 is 10.6 Å². The van der Waals surface area contributed by atoms with E-state index in [1.807, 2.05) is 0 Å². The molecule has 0 spiro atoms. The molecule has 1 amide bonds. The molecule has 1 fully saturated rings. The summed E-state index contributed by atoms with van der Waals surface area (Å²) < 4.78 is 0. The van der Waals surface area contributed by atoms with Crippen LogP contribution in [0, 0.1) is 5.41 Å². The average Bonchev–Trinajstić information content (AvgIpc) is 2.68. The highest BCUT2D eigenvalue weighted by molar-refractivity contribution is 5.76. The summed E-state index contributed by atoms with van der Waals surface area (Å²) in [5.41, 5.74) is 0.221. The molecule has 0 aromatic heterocycles. The molecular weight excluding hydrogens is 188 g/mol. The Morgan fingerprint density at radius 2 is 2.27 bits per heavy atom. The van der Waals surface area contributed by atoms with Gasteiger partial charge in [-0.1, -0.05) is 20.8 Å². The summed E-state index contributed by atoms with van der Waals surface area (Å²) >= 11 is 0. The Balaban J connectivity index is 2.18. The molecular formula is C12H24N2O. The molecule has 15 heavy (non-hydrogen) atoms. The van der Waals surface area contributed by atoms with Crippen LogP contribution in [0.4, 0.5) is 0 Å². The van der Waals surface area contributed by atoms with Crippen LogP contribution >= 0.6 is 0 Å². The number of hydrogen-bond donors (Lipinski definition) is 2. The topological polar surface area (TPSA) is 41.1 Å². The van der Waals surface area contributed by atoms with E-state index < -0.39 is 0 Å². The van der Waals surface area contributed by atoms with Crippen LogP contribution in [0.15, 0.2) is 0 Å². The second-order valence-corrected chi connectivity index (χ2v) is 5.29. The minimum atomic E-state index is 0.191. The van der Waals surface area contributed by atoms with Crippen LogP contribution in [-0.2, 0) is 4.79 Å². The molecule has 1 saturated heterocycles. The van der Waals surface area contributed by atoms with Gasteiger partial charge < -0.3 is 10.6 Å². The first-order valence-electron chi connectivity index (χ1n) is 6.03. The normalized spacial score (nSPS) is 21.7. The van der Waals surface area contributed by atoms with Gasteiger partial charge in [0.1, 0.15) is 0 Å². The minimum absolute atomic E-state index is 0.191. The molecule has 2 N–H and O–H groups in total. The molecule has 3 heteroatoms. The summed E-state index contributed by atoms with van der Waals surface area (Å²) in [4.78, 5) is 11.6. The fraction of sp³-hybridized carbons (Fsp3) is 0.917. The first kappa shape index (κ1) is 12.5. The largest absolute Gasteiger partial charge is 0.356 e. The van der Waals surface area contributed by atoms with Crippen LogP contribution in [0.25, 0.3) is 0 Å². The van der Waals surface area contributed by atoms with E-state index in [0.717, 1.165) is 25.9 Å². The van der Waals surface area contributed by atoms with Gasteiger partial charge in [-0.05, 0) is 31.2 Å². The second-order valence-electron chi connectivity index (χ2n) is 5.29. The maximum Gasteiger partial charge on any atom is 0.221 e. The number of carbonyl (C=O) groups excluding carboxylic acids is 1. The van der Waals surface area contributed by atoms with E-state index >= 15 is 0 Å². The molecule has 0 saturated carbocycles. The molecule has 0 aromatic carbocycles. The Kier molecular flexibility index (Phi) is 4.58. The molecule has 0 radical (unpaired) electrons. The molecule has 88 valence electrons. The van der Waals surface area contributed by atoms with Crippen molar-refractivity contribution in [1.82, 2.24) is 10.6 Å². The fourth-order valence-corrected chi connectivity index (χ4v) is 1.69. The van der Waals surface area contributed by atoms with E-state index in [-0.39, 0.29) is 11.3 Å². The van der Waals surface area contributed by atoms with Gasteiger partial charge in [0, 0.05) is 19.0 Å². The monoisotopic (exact) mass is 212 g/mol. The first-order valence-corrected chi connectivity index (χ1v) is 6.03. The predicted molar refractivity (Wildman–Crippen MR) is 62.7 cm³/mol. The molecule has 0 bridgehead atoms. The van der Waals surface area contributed by atoms with Crippen LogP contribution in [0.3, 0.4) is 0 Å². The Bertz CT molecular complexity index is 208. The van der Waals surface area contributed by atoms with Gasteiger partial charge in [-0.2, -0.15) is 0 Å². The highest BCUT2D eigenvalue weighted by atomic mass is 16.1. The van der Waals surface area contributed by atoms with Gasteiger partial charge in [-0.3, -0.25) is 4.79 Å². The smallest absolute Gasteiger partial charge is 0.221 e. The van der Waals surface area contributed by atoms with Gasteiger partial charge in [0.25, 0.3) is 0 Å². The van der Waals surface area contributed by atoms with E-state index in [1.54, 1.807) is 0 Å². The molecule has 1 heterocycles. The van der Waals surface area contributed by atoms with Crippen molar-refractivity contribution >= 4 is 5.91 Å². The molecule has 3 nitrogen and oxygen atoms in total. The molecule has 1 aliphatic rings. The molecule has 0 aromatic rings. The Hall–Kier alpha value is -0.570. The number of carbonyl (C=O) groups is 1. The fourth-order valence-electron chi connectivity index (χ4n) is 1.69. The van der Waals surface area contributed by atoms with Crippen molar-refractivity contribution in [1.29, 1.82) is 0 Å². The number of nitrogens with one attached hydrogen (secondary N) is 2. The molecule has 1 rings (SSSR count). The number of amides is 1. The second kappa shape index (κ2) is 5.50. The van der Waals surface area contributed by atoms with E-state index in [2.05, 4.69) is 31.4 Å². The lowest BCUT2D eigenvalue weighted by molar-refractivity contribution is -0.121. The average molecular weight is 212 g/mol. The zero-order valence-electron chi connectivity index (χ0n) is 10.2. The summed E-state index contributed by atoms with van der Waals surface area (Å²) in [5, 5.41) is 6.36. The molecule has 0 aliphatic carbocycles. The van der Waals surface area contributed by atoms with Gasteiger partial charge in [0.05, 0.1) is 0 Å². The van der Waals surface area contributed by atoms with Gasteiger partial charge in [-0.25, -0.2) is 0 Å².